The van der Waals surface area contributed by atoms with Crippen LogP contribution in [0.3, 0.4) is 0 Å². The van der Waals surface area contributed by atoms with Gasteiger partial charge in [-0.2, -0.15) is 0 Å². The number of hydrogen-bond acceptors (Lipinski definition) is 5. The Hall–Kier alpha value is -1.90. The van der Waals surface area contributed by atoms with Gasteiger partial charge in [0.1, 0.15) is 5.82 Å². The summed E-state index contributed by atoms with van der Waals surface area (Å²) in [6.45, 7) is 1.78. The molecule has 1 aromatic carbocycles. The lowest BCUT2D eigenvalue weighted by Crippen LogP contribution is -2.37. The van der Waals surface area contributed by atoms with Gasteiger partial charge in [-0.3, -0.25) is 15.5 Å². The summed E-state index contributed by atoms with van der Waals surface area (Å²) in [7, 11) is 0. The summed E-state index contributed by atoms with van der Waals surface area (Å²) >= 11 is 12.3. The zero-order chi connectivity index (χ0) is 16.8. The molecule has 1 amide bonds. The lowest BCUT2D eigenvalue weighted by atomic mass is 10.2. The normalized spacial score (nSPS) is 10.7. The summed E-state index contributed by atoms with van der Waals surface area (Å²) in [5.74, 6) is 0.302. The fraction of sp³-hybridized carbons (Fsp3) is 0.143. The number of nitrogens with zero attached hydrogens (tertiary/aromatic N) is 3. The largest absolute Gasteiger partial charge is 0.298 e. The third-order valence-corrected chi connectivity index (χ3v) is 3.80. The molecule has 0 atom stereocenters. The van der Waals surface area contributed by atoms with Crippen molar-refractivity contribution in [2.75, 3.05) is 11.7 Å². The van der Waals surface area contributed by atoms with E-state index in [0.717, 1.165) is 5.56 Å². The highest BCUT2D eigenvalue weighted by atomic mass is 35.5. The second kappa shape index (κ2) is 8.09. The van der Waals surface area contributed by atoms with Crippen molar-refractivity contribution in [3.8, 4) is 0 Å². The van der Waals surface area contributed by atoms with Gasteiger partial charge < -0.3 is 0 Å². The van der Waals surface area contributed by atoms with E-state index in [1.807, 2.05) is 18.4 Å². The fourth-order valence-electron chi connectivity index (χ4n) is 1.63. The van der Waals surface area contributed by atoms with E-state index in [4.69, 9.17) is 23.8 Å². The maximum Gasteiger partial charge on any atom is 0.250 e. The topological polar surface area (TPSA) is 71.8 Å². The number of nitrogens with one attached hydrogen (secondary N) is 2. The predicted molar refractivity (Wildman–Crippen MR) is 97.1 cm³/mol. The van der Waals surface area contributed by atoms with Crippen LogP contribution in [0.15, 0.2) is 35.5 Å². The van der Waals surface area contributed by atoms with Gasteiger partial charge in [-0.1, -0.05) is 35.5 Å². The van der Waals surface area contributed by atoms with E-state index in [1.54, 1.807) is 29.8 Å². The Labute approximate surface area is 148 Å². The van der Waals surface area contributed by atoms with Crippen molar-refractivity contribution in [3.63, 3.8) is 0 Å². The average molecular weight is 368 g/mol. The molecular formula is C14H14ClN5OS2. The van der Waals surface area contributed by atoms with Crippen LogP contribution >= 0.6 is 35.6 Å². The lowest BCUT2D eigenvalue weighted by molar-refractivity contribution is -0.115. The molecule has 0 aliphatic carbocycles. The van der Waals surface area contributed by atoms with E-state index in [-0.39, 0.29) is 11.0 Å². The van der Waals surface area contributed by atoms with E-state index in [0.29, 0.717) is 16.0 Å². The van der Waals surface area contributed by atoms with E-state index >= 15 is 0 Å². The summed E-state index contributed by atoms with van der Waals surface area (Å²) in [5, 5.41) is 11.9. The smallest absolute Gasteiger partial charge is 0.250 e. The Morgan fingerprint density at radius 1 is 1.35 bits per heavy atom. The van der Waals surface area contributed by atoms with Crippen LogP contribution in [0.4, 0.5) is 0 Å². The summed E-state index contributed by atoms with van der Waals surface area (Å²) in [6.07, 6.45) is 4.94. The van der Waals surface area contributed by atoms with E-state index in [2.05, 4.69) is 20.9 Å². The number of thiocarbonyl (C=S) groups is 1. The molecule has 0 unspecified atom stereocenters. The van der Waals surface area contributed by atoms with Crippen molar-refractivity contribution in [3.05, 3.63) is 46.8 Å². The van der Waals surface area contributed by atoms with Crippen molar-refractivity contribution in [2.24, 2.45) is 0 Å². The first kappa shape index (κ1) is 17.5. The van der Waals surface area contributed by atoms with Gasteiger partial charge in [-0.05, 0) is 49.2 Å². The minimum absolute atomic E-state index is 0.161. The molecule has 2 rings (SSSR count). The monoisotopic (exact) mass is 367 g/mol. The van der Waals surface area contributed by atoms with Crippen LogP contribution in [0.2, 0.25) is 5.02 Å². The molecule has 0 aliphatic rings. The number of benzene rings is 1. The number of aromatic nitrogens is 3. The van der Waals surface area contributed by atoms with Crippen molar-refractivity contribution >= 4 is 52.7 Å². The zero-order valence-electron chi connectivity index (χ0n) is 12.4. The molecule has 1 aromatic heterocycles. The SMILES string of the molecule is CSc1nnc(C)n1NC(=S)NC(=O)C=Cc1ccc(Cl)cc1. The number of carbonyl (C=O) groups is 1. The first-order chi connectivity index (χ1) is 11.0. The third-order valence-electron chi connectivity index (χ3n) is 2.72. The van der Waals surface area contributed by atoms with Crippen molar-refractivity contribution in [1.82, 2.24) is 20.2 Å². The van der Waals surface area contributed by atoms with Crippen molar-refractivity contribution < 1.29 is 4.79 Å². The molecule has 9 heteroatoms. The highest BCUT2D eigenvalue weighted by Gasteiger charge is 2.09. The maximum atomic E-state index is 11.9. The molecule has 0 radical (unpaired) electrons. The standard InChI is InChI=1S/C14H14ClN5OS2/c1-9-17-18-14(23-2)20(9)19-13(22)16-12(21)8-5-10-3-6-11(15)7-4-10/h3-8H,1-2H3,(H2,16,19,21,22). The van der Waals surface area contributed by atoms with Gasteiger partial charge in [0.2, 0.25) is 11.1 Å². The second-order valence-corrected chi connectivity index (χ2v) is 6.00. The van der Waals surface area contributed by atoms with Gasteiger partial charge in [-0.15, -0.1) is 10.2 Å². The number of hydrogen-bond donors (Lipinski definition) is 2. The first-order valence-corrected chi connectivity index (χ1v) is 8.52. The third kappa shape index (κ3) is 5.05. The van der Waals surface area contributed by atoms with Crippen LogP contribution in [0.1, 0.15) is 11.4 Å². The van der Waals surface area contributed by atoms with Crippen LogP contribution in [0, 0.1) is 6.92 Å². The van der Waals surface area contributed by atoms with Crippen LogP contribution < -0.4 is 10.7 Å². The summed E-state index contributed by atoms with van der Waals surface area (Å²) in [6, 6.07) is 7.13. The Morgan fingerprint density at radius 2 is 2.04 bits per heavy atom. The molecule has 120 valence electrons. The van der Waals surface area contributed by atoms with E-state index < -0.39 is 0 Å². The molecule has 0 saturated carbocycles. The van der Waals surface area contributed by atoms with Crippen LogP contribution in [0.5, 0.6) is 0 Å². The predicted octanol–water partition coefficient (Wildman–Crippen LogP) is 2.62. The minimum Gasteiger partial charge on any atom is -0.298 e. The number of thioether (sulfide) groups is 1. The van der Waals surface area contributed by atoms with Crippen molar-refractivity contribution in [2.45, 2.75) is 12.1 Å². The Balaban J connectivity index is 1.93. The van der Waals surface area contributed by atoms with Crippen molar-refractivity contribution in [1.29, 1.82) is 0 Å². The maximum absolute atomic E-state index is 11.9. The van der Waals surface area contributed by atoms with Crippen LogP contribution in [-0.2, 0) is 4.79 Å². The van der Waals surface area contributed by atoms with Gasteiger partial charge in [0.25, 0.3) is 0 Å². The molecular weight excluding hydrogens is 354 g/mol. The summed E-state index contributed by atoms with van der Waals surface area (Å²) < 4.78 is 1.61. The number of rotatable bonds is 4. The molecule has 0 aliphatic heterocycles. The zero-order valence-corrected chi connectivity index (χ0v) is 14.8. The molecule has 0 spiro atoms. The molecule has 1 heterocycles. The molecule has 0 saturated heterocycles. The number of aryl methyl sites for hydroxylation is 1. The minimum atomic E-state index is -0.339. The van der Waals surface area contributed by atoms with Crippen LogP contribution in [0.25, 0.3) is 6.08 Å². The fourth-order valence-corrected chi connectivity index (χ4v) is 2.43. The van der Waals surface area contributed by atoms with Gasteiger partial charge >= 0.3 is 0 Å². The Bertz CT molecular complexity index is 742. The number of amides is 1. The molecule has 2 N–H and O–H groups in total. The molecule has 0 fully saturated rings. The Morgan fingerprint density at radius 3 is 2.70 bits per heavy atom. The van der Waals surface area contributed by atoms with Gasteiger partial charge in [-0.25, -0.2) is 4.68 Å². The van der Waals surface area contributed by atoms with Gasteiger partial charge in [0.15, 0.2) is 5.11 Å². The molecule has 6 nitrogen and oxygen atoms in total. The molecule has 23 heavy (non-hydrogen) atoms. The number of halogens is 1. The first-order valence-electron chi connectivity index (χ1n) is 6.51. The van der Waals surface area contributed by atoms with Gasteiger partial charge in [0, 0.05) is 11.1 Å². The highest BCUT2D eigenvalue weighted by molar-refractivity contribution is 7.98. The van der Waals surface area contributed by atoms with Gasteiger partial charge in [0.05, 0.1) is 0 Å². The average Bonchev–Trinajstić information content (AvgIpc) is 2.87. The molecule has 0 bridgehead atoms. The molecule has 2 aromatic rings. The van der Waals surface area contributed by atoms with E-state index in [1.165, 1.54) is 17.8 Å². The lowest BCUT2D eigenvalue weighted by Gasteiger charge is -2.11. The second-order valence-electron chi connectivity index (χ2n) is 4.38. The summed E-state index contributed by atoms with van der Waals surface area (Å²) in [4.78, 5) is 11.9. The van der Waals surface area contributed by atoms with E-state index in [9.17, 15) is 4.79 Å². The highest BCUT2D eigenvalue weighted by Crippen LogP contribution is 2.11. The Kier molecular flexibility index (Phi) is 6.14. The number of carbonyl (C=O) groups excluding carboxylic acids is 1. The summed E-state index contributed by atoms with van der Waals surface area (Å²) in [5.41, 5.74) is 3.73. The quantitative estimate of drug-likeness (QED) is 0.491. The van der Waals surface area contributed by atoms with Crippen LogP contribution in [-0.4, -0.2) is 32.1 Å².